The van der Waals surface area contributed by atoms with Gasteiger partial charge in [-0.25, -0.2) is 0 Å². The zero-order chi connectivity index (χ0) is 11.4. The number of nitrogens with zero attached hydrogens (tertiary/aromatic N) is 1. The summed E-state index contributed by atoms with van der Waals surface area (Å²) in [5.74, 6) is 5.32. The zero-order valence-corrected chi connectivity index (χ0v) is 9.07. The molecule has 80 valence electrons. The molecule has 0 atom stereocenters. The summed E-state index contributed by atoms with van der Waals surface area (Å²) in [6.07, 6.45) is 1.59. The second-order valence-electron chi connectivity index (χ2n) is 3.34. The highest BCUT2D eigenvalue weighted by Gasteiger charge is 2.05. The molecule has 0 aliphatic carbocycles. The van der Waals surface area contributed by atoms with Crippen molar-refractivity contribution in [1.29, 1.82) is 0 Å². The van der Waals surface area contributed by atoms with E-state index >= 15 is 0 Å². The Balaban J connectivity index is 3.13. The minimum atomic E-state index is -0.325. The van der Waals surface area contributed by atoms with Crippen molar-refractivity contribution < 1.29 is 9.53 Å². The largest absolute Gasteiger partial charge is 0.427 e. The van der Waals surface area contributed by atoms with E-state index in [-0.39, 0.29) is 5.97 Å². The Bertz CT molecular complexity index is 388. The molecule has 0 saturated carbocycles. The van der Waals surface area contributed by atoms with E-state index in [0.29, 0.717) is 5.75 Å². The van der Waals surface area contributed by atoms with Crippen molar-refractivity contribution in [3.63, 3.8) is 0 Å². The molecule has 1 aromatic carbocycles. The number of aryl methyl sites for hydroxylation is 2. The van der Waals surface area contributed by atoms with Crippen LogP contribution in [-0.2, 0) is 4.79 Å². The molecule has 4 heteroatoms. The molecule has 0 bridgehead atoms. The van der Waals surface area contributed by atoms with Crippen molar-refractivity contribution in [2.24, 2.45) is 10.9 Å². The maximum absolute atomic E-state index is 10.8. The molecular weight excluding hydrogens is 192 g/mol. The number of hydrogen-bond acceptors (Lipinski definition) is 4. The molecule has 0 aliphatic heterocycles. The fraction of sp³-hybridized carbons (Fsp3) is 0.273. The monoisotopic (exact) mass is 206 g/mol. The number of benzene rings is 1. The zero-order valence-electron chi connectivity index (χ0n) is 9.07. The van der Waals surface area contributed by atoms with Crippen molar-refractivity contribution >= 4 is 12.2 Å². The minimum Gasteiger partial charge on any atom is -0.427 e. The van der Waals surface area contributed by atoms with E-state index in [4.69, 9.17) is 10.6 Å². The quantitative estimate of drug-likeness (QED) is 0.262. The van der Waals surface area contributed by atoms with Gasteiger partial charge in [0.25, 0.3) is 0 Å². The van der Waals surface area contributed by atoms with Crippen LogP contribution >= 0.6 is 0 Å². The summed E-state index contributed by atoms with van der Waals surface area (Å²) in [7, 11) is 0. The smallest absolute Gasteiger partial charge is 0.308 e. The average Bonchev–Trinajstić information content (AvgIpc) is 2.10. The van der Waals surface area contributed by atoms with Gasteiger partial charge < -0.3 is 10.6 Å². The van der Waals surface area contributed by atoms with Gasteiger partial charge in [0.15, 0.2) is 0 Å². The Morgan fingerprint density at radius 1 is 1.40 bits per heavy atom. The van der Waals surface area contributed by atoms with E-state index in [2.05, 4.69) is 5.10 Å². The highest BCUT2D eigenvalue weighted by atomic mass is 16.5. The normalized spacial score (nSPS) is 10.6. The van der Waals surface area contributed by atoms with Crippen LogP contribution < -0.4 is 10.6 Å². The Kier molecular flexibility index (Phi) is 3.44. The maximum atomic E-state index is 10.8. The van der Waals surface area contributed by atoms with Crippen LogP contribution in [0.15, 0.2) is 17.2 Å². The van der Waals surface area contributed by atoms with E-state index in [1.165, 1.54) is 6.92 Å². The van der Waals surface area contributed by atoms with Crippen molar-refractivity contribution in [1.82, 2.24) is 0 Å². The molecule has 1 aromatic rings. The molecule has 0 unspecified atom stereocenters. The lowest BCUT2D eigenvalue weighted by atomic mass is 10.0. The molecular formula is C11H14N2O2. The average molecular weight is 206 g/mol. The van der Waals surface area contributed by atoms with Gasteiger partial charge in [-0.15, -0.1) is 0 Å². The first-order valence-electron chi connectivity index (χ1n) is 4.57. The number of carbonyl (C=O) groups excluding carboxylic acids is 1. The second kappa shape index (κ2) is 4.59. The molecule has 2 N–H and O–H groups in total. The van der Waals surface area contributed by atoms with E-state index in [0.717, 1.165) is 16.7 Å². The van der Waals surface area contributed by atoms with Crippen molar-refractivity contribution in [2.75, 3.05) is 0 Å². The summed E-state index contributed by atoms with van der Waals surface area (Å²) in [5, 5.41) is 3.49. The van der Waals surface area contributed by atoms with Crippen LogP contribution in [0.1, 0.15) is 23.6 Å². The van der Waals surface area contributed by atoms with Crippen LogP contribution in [0.5, 0.6) is 5.75 Å². The SMILES string of the molecule is CC(=O)Oc1cc(C)c(C=NN)c(C)c1. The molecule has 0 radical (unpaired) electrons. The maximum Gasteiger partial charge on any atom is 0.308 e. The van der Waals surface area contributed by atoms with Gasteiger partial charge >= 0.3 is 5.97 Å². The lowest BCUT2D eigenvalue weighted by Crippen LogP contribution is -2.03. The summed E-state index contributed by atoms with van der Waals surface area (Å²) in [6, 6.07) is 3.57. The number of esters is 1. The molecule has 0 aromatic heterocycles. The summed E-state index contributed by atoms with van der Waals surface area (Å²) >= 11 is 0. The van der Waals surface area contributed by atoms with Crippen LogP contribution in [0, 0.1) is 13.8 Å². The molecule has 0 aliphatic rings. The van der Waals surface area contributed by atoms with E-state index < -0.39 is 0 Å². The lowest BCUT2D eigenvalue weighted by molar-refractivity contribution is -0.131. The molecule has 1 rings (SSSR count). The summed E-state index contributed by atoms with van der Waals surface area (Å²) < 4.78 is 4.99. The third-order valence-corrected chi connectivity index (χ3v) is 2.03. The minimum absolute atomic E-state index is 0.325. The summed E-state index contributed by atoms with van der Waals surface area (Å²) in [4.78, 5) is 10.8. The molecule has 0 amide bonds. The third-order valence-electron chi connectivity index (χ3n) is 2.03. The van der Waals surface area contributed by atoms with Gasteiger partial charge in [0.05, 0.1) is 6.21 Å². The lowest BCUT2D eigenvalue weighted by Gasteiger charge is -2.08. The second-order valence-corrected chi connectivity index (χ2v) is 3.34. The predicted octanol–water partition coefficient (Wildman–Crippen LogP) is 1.52. The van der Waals surface area contributed by atoms with E-state index in [9.17, 15) is 4.79 Å². The van der Waals surface area contributed by atoms with Crippen molar-refractivity contribution in [3.8, 4) is 5.75 Å². The molecule has 0 spiro atoms. The van der Waals surface area contributed by atoms with Crippen LogP contribution in [-0.4, -0.2) is 12.2 Å². The number of rotatable bonds is 2. The van der Waals surface area contributed by atoms with E-state index in [1.54, 1.807) is 18.3 Å². The first kappa shape index (κ1) is 11.2. The predicted molar refractivity (Wildman–Crippen MR) is 59.0 cm³/mol. The number of ether oxygens (including phenoxy) is 1. The van der Waals surface area contributed by atoms with Crippen LogP contribution in [0.4, 0.5) is 0 Å². The summed E-state index contributed by atoms with van der Waals surface area (Å²) in [6.45, 7) is 5.20. The van der Waals surface area contributed by atoms with E-state index in [1.807, 2.05) is 13.8 Å². The number of carbonyl (C=O) groups is 1. The van der Waals surface area contributed by atoms with Crippen LogP contribution in [0.25, 0.3) is 0 Å². The molecule has 4 nitrogen and oxygen atoms in total. The number of hydrogen-bond donors (Lipinski definition) is 1. The first-order valence-corrected chi connectivity index (χ1v) is 4.57. The fourth-order valence-corrected chi connectivity index (χ4v) is 1.44. The van der Waals surface area contributed by atoms with Gasteiger partial charge in [-0.05, 0) is 37.1 Å². The Hall–Kier alpha value is -1.84. The van der Waals surface area contributed by atoms with Crippen molar-refractivity contribution in [2.45, 2.75) is 20.8 Å². The third kappa shape index (κ3) is 2.80. The van der Waals surface area contributed by atoms with Gasteiger partial charge in [0.2, 0.25) is 0 Å². The highest BCUT2D eigenvalue weighted by Crippen LogP contribution is 2.20. The molecule has 0 heterocycles. The highest BCUT2D eigenvalue weighted by molar-refractivity contribution is 5.84. The van der Waals surface area contributed by atoms with Crippen LogP contribution in [0.2, 0.25) is 0 Å². The Labute approximate surface area is 88.7 Å². The number of hydrazone groups is 1. The standard InChI is InChI=1S/C11H14N2O2/c1-7-4-10(15-9(3)14)5-8(2)11(7)6-13-12/h4-6H,12H2,1-3H3. The van der Waals surface area contributed by atoms with Gasteiger partial charge in [0, 0.05) is 12.5 Å². The Morgan fingerprint density at radius 2 is 1.93 bits per heavy atom. The summed E-state index contributed by atoms with van der Waals surface area (Å²) in [5.41, 5.74) is 2.90. The van der Waals surface area contributed by atoms with Crippen LogP contribution in [0.3, 0.4) is 0 Å². The van der Waals surface area contributed by atoms with Crippen molar-refractivity contribution in [3.05, 3.63) is 28.8 Å². The topological polar surface area (TPSA) is 64.7 Å². The van der Waals surface area contributed by atoms with Gasteiger partial charge in [-0.1, -0.05) is 0 Å². The van der Waals surface area contributed by atoms with Gasteiger partial charge in [0.1, 0.15) is 5.75 Å². The molecule has 0 fully saturated rings. The number of nitrogens with two attached hydrogens (primary N) is 1. The molecule has 15 heavy (non-hydrogen) atoms. The van der Waals surface area contributed by atoms with Gasteiger partial charge in [-0.3, -0.25) is 4.79 Å². The first-order chi connectivity index (χ1) is 7.04. The van der Waals surface area contributed by atoms with Gasteiger partial charge in [-0.2, -0.15) is 5.10 Å². The fourth-order valence-electron chi connectivity index (χ4n) is 1.44. The Morgan fingerprint density at radius 3 is 2.33 bits per heavy atom. The molecule has 0 saturated heterocycles.